The smallest absolute Gasteiger partial charge is 0.0596 e. The molecule has 0 radical (unpaired) electrons. The summed E-state index contributed by atoms with van der Waals surface area (Å²) in [7, 11) is 2.12. The highest BCUT2D eigenvalue weighted by atomic mass is 15.1. The number of hydrogen-bond acceptors (Lipinski definition) is 2. The van der Waals surface area contributed by atoms with Gasteiger partial charge in [0.15, 0.2) is 0 Å². The third-order valence-corrected chi connectivity index (χ3v) is 3.28. The Morgan fingerprint density at radius 3 is 2.86 bits per heavy atom. The predicted octanol–water partition coefficient (Wildman–Crippen LogP) is 1.33. The van der Waals surface area contributed by atoms with Crippen LogP contribution in [0.5, 0.6) is 0 Å². The monoisotopic (exact) mass is 194 g/mol. The van der Waals surface area contributed by atoms with Gasteiger partial charge in [-0.05, 0) is 38.3 Å². The van der Waals surface area contributed by atoms with Gasteiger partial charge in [0.1, 0.15) is 0 Å². The lowest BCUT2D eigenvalue weighted by atomic mass is 9.78. The van der Waals surface area contributed by atoms with Crippen molar-refractivity contribution in [2.24, 2.45) is 5.41 Å². The summed E-state index contributed by atoms with van der Waals surface area (Å²) in [5, 5.41) is 3.50. The summed E-state index contributed by atoms with van der Waals surface area (Å²) in [6.07, 6.45) is 9.20. The van der Waals surface area contributed by atoms with Crippen LogP contribution in [0, 0.1) is 17.8 Å². The van der Waals surface area contributed by atoms with Gasteiger partial charge in [-0.1, -0.05) is 12.8 Å². The summed E-state index contributed by atoms with van der Waals surface area (Å²) < 4.78 is 0. The maximum atomic E-state index is 5.31. The quantitative estimate of drug-likeness (QED) is 0.679. The molecule has 2 heteroatoms. The number of piperidine rings is 1. The summed E-state index contributed by atoms with van der Waals surface area (Å²) in [6.45, 7) is 6.51. The van der Waals surface area contributed by atoms with Crippen molar-refractivity contribution in [3.8, 4) is 12.3 Å². The topological polar surface area (TPSA) is 15.3 Å². The van der Waals surface area contributed by atoms with E-state index in [0.29, 0.717) is 5.41 Å². The third kappa shape index (κ3) is 3.01. The summed E-state index contributed by atoms with van der Waals surface area (Å²) in [4.78, 5) is 2.26. The Morgan fingerprint density at radius 1 is 1.57 bits per heavy atom. The van der Waals surface area contributed by atoms with Gasteiger partial charge >= 0.3 is 0 Å². The lowest BCUT2D eigenvalue weighted by molar-refractivity contribution is 0.136. The maximum Gasteiger partial charge on any atom is 0.0596 e. The molecule has 1 N–H and O–H groups in total. The second kappa shape index (κ2) is 5.38. The lowest BCUT2D eigenvalue weighted by Crippen LogP contribution is -2.46. The van der Waals surface area contributed by atoms with Crippen LogP contribution >= 0.6 is 0 Å². The van der Waals surface area contributed by atoms with Crippen molar-refractivity contribution in [3.63, 3.8) is 0 Å². The Kier molecular flexibility index (Phi) is 4.44. The van der Waals surface area contributed by atoms with Crippen molar-refractivity contribution < 1.29 is 0 Å². The van der Waals surface area contributed by atoms with E-state index in [1.165, 1.54) is 25.8 Å². The second-order valence-corrected chi connectivity index (χ2v) is 4.51. The highest BCUT2D eigenvalue weighted by Crippen LogP contribution is 2.30. The van der Waals surface area contributed by atoms with Crippen molar-refractivity contribution >= 4 is 0 Å². The van der Waals surface area contributed by atoms with Crippen LogP contribution < -0.4 is 5.32 Å². The molecule has 1 aliphatic heterocycles. The van der Waals surface area contributed by atoms with E-state index >= 15 is 0 Å². The maximum absolute atomic E-state index is 5.31. The number of nitrogens with zero attached hydrogens (tertiary/aromatic N) is 1. The first-order chi connectivity index (χ1) is 6.72. The van der Waals surface area contributed by atoms with Crippen molar-refractivity contribution in [1.29, 1.82) is 0 Å². The van der Waals surface area contributed by atoms with Crippen LogP contribution in [0.2, 0.25) is 0 Å². The first kappa shape index (κ1) is 11.6. The van der Waals surface area contributed by atoms with Gasteiger partial charge < -0.3 is 5.32 Å². The molecule has 0 saturated carbocycles. The molecule has 2 nitrogen and oxygen atoms in total. The predicted molar refractivity (Wildman–Crippen MR) is 61.2 cm³/mol. The molecule has 80 valence electrons. The van der Waals surface area contributed by atoms with Crippen LogP contribution in [0.3, 0.4) is 0 Å². The van der Waals surface area contributed by atoms with Crippen molar-refractivity contribution in [2.75, 3.05) is 33.2 Å². The number of terminal acetylenes is 1. The molecule has 1 fully saturated rings. The molecule has 1 rings (SSSR count). The molecule has 0 spiro atoms. The first-order valence-corrected chi connectivity index (χ1v) is 5.55. The molecule has 0 amide bonds. The number of nitrogens with one attached hydrogen (secondary N) is 1. The van der Waals surface area contributed by atoms with E-state index in [0.717, 1.165) is 19.6 Å². The molecule has 1 unspecified atom stereocenters. The fraction of sp³-hybridized carbons (Fsp3) is 0.833. The second-order valence-electron chi connectivity index (χ2n) is 4.51. The fourth-order valence-corrected chi connectivity index (χ4v) is 2.36. The van der Waals surface area contributed by atoms with E-state index in [1.54, 1.807) is 0 Å². The molecule has 1 heterocycles. The van der Waals surface area contributed by atoms with Gasteiger partial charge in [0.05, 0.1) is 6.54 Å². The van der Waals surface area contributed by atoms with Crippen LogP contribution in [-0.2, 0) is 0 Å². The van der Waals surface area contributed by atoms with E-state index in [2.05, 4.69) is 30.1 Å². The van der Waals surface area contributed by atoms with Crippen LogP contribution in [0.4, 0.5) is 0 Å². The molecule has 1 saturated heterocycles. The van der Waals surface area contributed by atoms with Gasteiger partial charge in [-0.25, -0.2) is 0 Å². The van der Waals surface area contributed by atoms with E-state index in [9.17, 15) is 0 Å². The van der Waals surface area contributed by atoms with Crippen LogP contribution in [0.1, 0.15) is 26.2 Å². The van der Waals surface area contributed by atoms with E-state index in [1.807, 2.05) is 0 Å². The fourth-order valence-electron chi connectivity index (χ4n) is 2.36. The molecular formula is C12H22N2. The van der Waals surface area contributed by atoms with E-state index < -0.39 is 0 Å². The molecule has 0 aromatic rings. The Bertz CT molecular complexity index is 199. The van der Waals surface area contributed by atoms with Crippen molar-refractivity contribution in [1.82, 2.24) is 10.2 Å². The molecule has 0 aromatic carbocycles. The summed E-state index contributed by atoms with van der Waals surface area (Å²) in [5.74, 6) is 2.70. The Labute approximate surface area is 88.1 Å². The zero-order valence-electron chi connectivity index (χ0n) is 9.47. The minimum atomic E-state index is 0.462. The largest absolute Gasteiger partial charge is 0.316 e. The van der Waals surface area contributed by atoms with Crippen molar-refractivity contribution in [3.05, 3.63) is 0 Å². The Balaban J connectivity index is 2.47. The standard InChI is InChI=1S/C12H22N2/c1-4-9-14(3)11-12(5-2)7-6-8-13-10-12/h1,13H,5-11H2,2-3H3. The molecule has 1 atom stereocenters. The Hall–Kier alpha value is -0.520. The number of hydrogen-bond donors (Lipinski definition) is 1. The van der Waals surface area contributed by atoms with Gasteiger partial charge in [0.25, 0.3) is 0 Å². The summed E-state index contributed by atoms with van der Waals surface area (Å²) in [6, 6.07) is 0. The van der Waals surface area contributed by atoms with Crippen LogP contribution in [0.25, 0.3) is 0 Å². The first-order valence-electron chi connectivity index (χ1n) is 5.55. The molecular weight excluding hydrogens is 172 g/mol. The average Bonchev–Trinajstić information content (AvgIpc) is 2.19. The average molecular weight is 194 g/mol. The van der Waals surface area contributed by atoms with Gasteiger partial charge in [-0.15, -0.1) is 6.42 Å². The van der Waals surface area contributed by atoms with Gasteiger partial charge in [-0.3, -0.25) is 4.90 Å². The molecule has 0 bridgehead atoms. The molecule has 1 aliphatic rings. The SMILES string of the molecule is C#CCN(C)CC1(CC)CCCNC1. The van der Waals surface area contributed by atoms with Crippen LogP contribution in [-0.4, -0.2) is 38.1 Å². The Morgan fingerprint density at radius 2 is 2.36 bits per heavy atom. The normalized spacial score (nSPS) is 27.6. The third-order valence-electron chi connectivity index (χ3n) is 3.28. The zero-order valence-corrected chi connectivity index (χ0v) is 9.47. The lowest BCUT2D eigenvalue weighted by Gasteiger charge is -2.39. The molecule has 0 aliphatic carbocycles. The minimum absolute atomic E-state index is 0.462. The van der Waals surface area contributed by atoms with Crippen LogP contribution in [0.15, 0.2) is 0 Å². The van der Waals surface area contributed by atoms with E-state index in [-0.39, 0.29) is 0 Å². The zero-order chi connectivity index (χ0) is 10.4. The van der Waals surface area contributed by atoms with Crippen molar-refractivity contribution in [2.45, 2.75) is 26.2 Å². The van der Waals surface area contributed by atoms with Gasteiger partial charge in [0.2, 0.25) is 0 Å². The number of rotatable bonds is 4. The summed E-state index contributed by atoms with van der Waals surface area (Å²) in [5.41, 5.74) is 0.462. The van der Waals surface area contributed by atoms with E-state index in [4.69, 9.17) is 6.42 Å². The minimum Gasteiger partial charge on any atom is -0.316 e. The summed E-state index contributed by atoms with van der Waals surface area (Å²) >= 11 is 0. The molecule has 0 aromatic heterocycles. The highest BCUT2D eigenvalue weighted by molar-refractivity contribution is 4.91. The van der Waals surface area contributed by atoms with Gasteiger partial charge in [0, 0.05) is 13.1 Å². The highest BCUT2D eigenvalue weighted by Gasteiger charge is 2.30. The van der Waals surface area contributed by atoms with Gasteiger partial charge in [-0.2, -0.15) is 0 Å². The molecule has 14 heavy (non-hydrogen) atoms.